The van der Waals surface area contributed by atoms with Gasteiger partial charge in [-0.2, -0.15) is 0 Å². The Morgan fingerprint density at radius 3 is 2.42 bits per heavy atom. The van der Waals surface area contributed by atoms with Gasteiger partial charge < -0.3 is 15.0 Å². The fourth-order valence-corrected chi connectivity index (χ4v) is 3.84. The molecular formula is C15H26N2O2. The topological polar surface area (TPSA) is 41.6 Å². The van der Waals surface area contributed by atoms with Crippen molar-refractivity contribution in [3.63, 3.8) is 0 Å². The van der Waals surface area contributed by atoms with Gasteiger partial charge in [-0.3, -0.25) is 4.79 Å². The molecule has 3 heterocycles. The zero-order valence-corrected chi connectivity index (χ0v) is 11.8. The van der Waals surface area contributed by atoms with Crippen molar-refractivity contribution < 1.29 is 9.53 Å². The minimum atomic E-state index is 0.231. The summed E-state index contributed by atoms with van der Waals surface area (Å²) in [5.74, 6) is 1.41. The van der Waals surface area contributed by atoms with Gasteiger partial charge in [0.1, 0.15) is 0 Å². The smallest absolute Gasteiger partial charge is 0.225 e. The van der Waals surface area contributed by atoms with E-state index in [1.807, 2.05) is 0 Å². The molecule has 0 aliphatic carbocycles. The van der Waals surface area contributed by atoms with Crippen molar-refractivity contribution in [1.82, 2.24) is 10.2 Å². The van der Waals surface area contributed by atoms with Crippen LogP contribution in [0, 0.1) is 11.8 Å². The van der Waals surface area contributed by atoms with Crippen LogP contribution in [-0.4, -0.2) is 49.7 Å². The van der Waals surface area contributed by atoms with Crippen LogP contribution in [-0.2, 0) is 9.53 Å². The summed E-state index contributed by atoms with van der Waals surface area (Å²) < 4.78 is 5.34. The quantitative estimate of drug-likeness (QED) is 0.821. The van der Waals surface area contributed by atoms with Crippen molar-refractivity contribution in [3.05, 3.63) is 0 Å². The van der Waals surface area contributed by atoms with Crippen molar-refractivity contribution in [2.24, 2.45) is 11.8 Å². The van der Waals surface area contributed by atoms with Crippen LogP contribution in [0.2, 0.25) is 0 Å². The van der Waals surface area contributed by atoms with Crippen LogP contribution in [0.4, 0.5) is 0 Å². The van der Waals surface area contributed by atoms with Gasteiger partial charge in [-0.1, -0.05) is 0 Å². The van der Waals surface area contributed by atoms with E-state index in [2.05, 4.69) is 10.2 Å². The molecule has 1 amide bonds. The number of likely N-dealkylation sites (tertiary alicyclic amines) is 1. The molecule has 1 atom stereocenters. The molecule has 0 saturated carbocycles. The van der Waals surface area contributed by atoms with Gasteiger partial charge in [0.2, 0.25) is 5.91 Å². The van der Waals surface area contributed by atoms with Crippen molar-refractivity contribution in [2.45, 2.75) is 44.6 Å². The lowest BCUT2D eigenvalue weighted by molar-refractivity contribution is -0.140. The van der Waals surface area contributed by atoms with Gasteiger partial charge in [0.25, 0.3) is 0 Å². The van der Waals surface area contributed by atoms with E-state index in [-0.39, 0.29) is 5.92 Å². The molecule has 0 radical (unpaired) electrons. The summed E-state index contributed by atoms with van der Waals surface area (Å²) in [6.45, 7) is 4.65. The molecule has 4 heteroatoms. The monoisotopic (exact) mass is 266 g/mol. The first-order chi connectivity index (χ1) is 9.34. The first kappa shape index (κ1) is 13.4. The van der Waals surface area contributed by atoms with Crippen LogP contribution in [0.3, 0.4) is 0 Å². The highest BCUT2D eigenvalue weighted by Gasteiger charge is 2.32. The highest BCUT2D eigenvalue weighted by molar-refractivity contribution is 5.79. The summed E-state index contributed by atoms with van der Waals surface area (Å²) in [6.07, 6.45) is 6.87. The van der Waals surface area contributed by atoms with Crippen molar-refractivity contribution in [2.75, 3.05) is 32.8 Å². The lowest BCUT2D eigenvalue weighted by Crippen LogP contribution is -2.46. The number of nitrogens with one attached hydrogen (secondary N) is 1. The molecule has 3 fully saturated rings. The lowest BCUT2D eigenvalue weighted by Gasteiger charge is -2.37. The van der Waals surface area contributed by atoms with E-state index in [1.54, 1.807) is 0 Å². The highest BCUT2D eigenvalue weighted by Crippen LogP contribution is 2.27. The van der Waals surface area contributed by atoms with Crippen molar-refractivity contribution in [3.8, 4) is 0 Å². The second-order valence-electron chi connectivity index (χ2n) is 6.25. The first-order valence-electron chi connectivity index (χ1n) is 7.94. The molecule has 1 unspecified atom stereocenters. The van der Waals surface area contributed by atoms with Gasteiger partial charge in [0.15, 0.2) is 0 Å². The predicted octanol–water partition coefficient (Wildman–Crippen LogP) is 1.40. The maximum absolute atomic E-state index is 12.4. The molecule has 3 aliphatic rings. The minimum absolute atomic E-state index is 0.231. The Balaban J connectivity index is 1.47. The molecule has 0 spiro atoms. The SMILES string of the molecule is O=C(C1CCOCC1)N1CCC(C2CCCN2)CC1. The standard InChI is InChI=1S/C15H26N2O2/c18-15(13-5-10-19-11-6-13)17-8-3-12(4-9-17)14-2-1-7-16-14/h12-14,16H,1-11H2. The molecule has 1 N–H and O–H groups in total. The van der Waals surface area contributed by atoms with E-state index in [0.717, 1.165) is 51.1 Å². The number of ether oxygens (including phenoxy) is 1. The van der Waals surface area contributed by atoms with Crippen LogP contribution < -0.4 is 5.32 Å². The fraction of sp³-hybridized carbons (Fsp3) is 0.933. The molecular weight excluding hydrogens is 240 g/mol. The lowest BCUT2D eigenvalue weighted by atomic mass is 9.87. The molecule has 3 saturated heterocycles. The Bertz CT molecular complexity index is 301. The number of carbonyl (C=O) groups excluding carboxylic acids is 1. The van der Waals surface area contributed by atoms with E-state index in [0.29, 0.717) is 5.91 Å². The second-order valence-corrected chi connectivity index (χ2v) is 6.25. The minimum Gasteiger partial charge on any atom is -0.381 e. The Morgan fingerprint density at radius 1 is 1.05 bits per heavy atom. The van der Waals surface area contributed by atoms with E-state index in [1.165, 1.54) is 32.2 Å². The molecule has 3 aliphatic heterocycles. The van der Waals surface area contributed by atoms with E-state index >= 15 is 0 Å². The largest absolute Gasteiger partial charge is 0.381 e. The summed E-state index contributed by atoms with van der Waals surface area (Å²) in [7, 11) is 0. The van der Waals surface area contributed by atoms with E-state index < -0.39 is 0 Å². The normalized spacial score (nSPS) is 30.7. The second kappa shape index (κ2) is 6.23. The van der Waals surface area contributed by atoms with Crippen molar-refractivity contribution >= 4 is 5.91 Å². The number of piperidine rings is 1. The van der Waals surface area contributed by atoms with E-state index in [9.17, 15) is 4.79 Å². The van der Waals surface area contributed by atoms with Gasteiger partial charge in [-0.05, 0) is 51.0 Å². The fourth-order valence-electron chi connectivity index (χ4n) is 3.84. The molecule has 0 bridgehead atoms. The third-order valence-electron chi connectivity index (χ3n) is 5.09. The van der Waals surface area contributed by atoms with Gasteiger partial charge in [-0.25, -0.2) is 0 Å². The molecule has 19 heavy (non-hydrogen) atoms. The summed E-state index contributed by atoms with van der Waals surface area (Å²) in [6, 6.07) is 0.723. The maximum Gasteiger partial charge on any atom is 0.225 e. The van der Waals surface area contributed by atoms with Gasteiger partial charge in [-0.15, -0.1) is 0 Å². The average molecular weight is 266 g/mol. The van der Waals surface area contributed by atoms with Crippen LogP contribution in [0.1, 0.15) is 38.5 Å². The molecule has 108 valence electrons. The van der Waals surface area contributed by atoms with Crippen LogP contribution in [0.5, 0.6) is 0 Å². The Labute approximate surface area is 115 Å². The zero-order chi connectivity index (χ0) is 13.1. The molecule has 0 aromatic heterocycles. The van der Waals surface area contributed by atoms with Gasteiger partial charge >= 0.3 is 0 Å². The van der Waals surface area contributed by atoms with Gasteiger partial charge in [0, 0.05) is 38.3 Å². The summed E-state index contributed by atoms with van der Waals surface area (Å²) in [4.78, 5) is 14.5. The van der Waals surface area contributed by atoms with Gasteiger partial charge in [0.05, 0.1) is 0 Å². The summed E-state index contributed by atoms with van der Waals surface area (Å²) in [5, 5.41) is 3.61. The first-order valence-corrected chi connectivity index (χ1v) is 7.94. The zero-order valence-electron chi connectivity index (χ0n) is 11.8. The predicted molar refractivity (Wildman–Crippen MR) is 73.9 cm³/mol. The Kier molecular flexibility index (Phi) is 4.38. The number of rotatable bonds is 2. The average Bonchev–Trinajstić information content (AvgIpc) is 3.02. The summed E-state index contributed by atoms with van der Waals surface area (Å²) in [5.41, 5.74) is 0. The number of amides is 1. The molecule has 0 aromatic carbocycles. The third-order valence-corrected chi connectivity index (χ3v) is 5.09. The number of nitrogens with zero attached hydrogens (tertiary/aromatic N) is 1. The van der Waals surface area contributed by atoms with E-state index in [4.69, 9.17) is 4.74 Å². The Morgan fingerprint density at radius 2 is 1.79 bits per heavy atom. The van der Waals surface area contributed by atoms with Crippen LogP contribution in [0.15, 0.2) is 0 Å². The molecule has 0 aromatic rings. The number of carbonyl (C=O) groups is 1. The molecule has 3 rings (SSSR count). The number of hydrogen-bond acceptors (Lipinski definition) is 3. The number of hydrogen-bond donors (Lipinski definition) is 1. The van der Waals surface area contributed by atoms with Crippen LogP contribution >= 0.6 is 0 Å². The maximum atomic E-state index is 12.4. The third kappa shape index (κ3) is 3.11. The summed E-state index contributed by atoms with van der Waals surface area (Å²) >= 11 is 0. The Hall–Kier alpha value is -0.610. The highest BCUT2D eigenvalue weighted by atomic mass is 16.5. The van der Waals surface area contributed by atoms with Crippen LogP contribution in [0.25, 0.3) is 0 Å². The van der Waals surface area contributed by atoms with Crippen molar-refractivity contribution in [1.29, 1.82) is 0 Å². The molecule has 4 nitrogen and oxygen atoms in total.